The van der Waals surface area contributed by atoms with Gasteiger partial charge in [-0.05, 0) is 0 Å². The first-order valence-corrected chi connectivity index (χ1v) is 0. The molecule has 0 nitrogen and oxygen atoms in total. The summed E-state index contributed by atoms with van der Waals surface area (Å²) in [5.41, 5.74) is 0. The van der Waals surface area contributed by atoms with E-state index in [1.807, 2.05) is 0 Å². The van der Waals surface area contributed by atoms with Crippen LogP contribution in [0.3, 0.4) is 0 Å². The van der Waals surface area contributed by atoms with Gasteiger partial charge < -0.3 is 0 Å². The van der Waals surface area contributed by atoms with E-state index in [2.05, 4.69) is 0 Å². The summed E-state index contributed by atoms with van der Waals surface area (Å²) < 4.78 is 0. The van der Waals surface area contributed by atoms with Crippen molar-refractivity contribution in [3.05, 3.63) is 0 Å². The zero-order chi connectivity index (χ0) is 0. The minimum absolute atomic E-state index is 0. The second-order valence-electron chi connectivity index (χ2n) is 0. The summed E-state index contributed by atoms with van der Waals surface area (Å²) in [7, 11) is 0. The average molecular weight is 2080 g/mol. The molecular formula is DyErHfHoLuNbScTaTbThTmYYbZr. The van der Waals surface area contributed by atoms with Crippen molar-refractivity contribution in [3.8, 4) is 0 Å². The standard InChI is InChI=1S/Dy.Er.Hf.Ho.Lu.Nb.Sc.Ta.Tb.Th.Tm.Y.Yb.Zr. The van der Waals surface area contributed by atoms with E-state index in [9.17, 15) is 0 Å². The molecule has 0 aliphatic rings. The molecule has 0 aliphatic carbocycles. The second-order valence-corrected chi connectivity index (χ2v) is 0. The van der Waals surface area contributed by atoms with Crippen molar-refractivity contribution in [1.29, 1.82) is 0 Å². The van der Waals surface area contributed by atoms with E-state index in [-0.39, 0.29) is 468 Å². The maximum atomic E-state index is 0. The number of rotatable bonds is 0. The first kappa shape index (κ1) is 99.5. The molecule has 0 spiro atoms. The van der Waals surface area contributed by atoms with Crippen molar-refractivity contribution in [2.24, 2.45) is 0 Å². The van der Waals surface area contributed by atoms with Crippen molar-refractivity contribution >= 4 is 0 Å². The Morgan fingerprint density at radius 3 is 1.00 bits per heavy atom. The van der Waals surface area contributed by atoms with Crippen molar-refractivity contribution in [2.45, 2.75) is 0 Å². The molecule has 112 valence electrons. The third-order valence-electron chi connectivity index (χ3n) is 0. The van der Waals surface area contributed by atoms with Crippen LogP contribution in [-0.2, 0) is 155 Å². The van der Waals surface area contributed by atoms with Crippen LogP contribution in [0.5, 0.6) is 0 Å². The van der Waals surface area contributed by atoms with E-state index in [1.165, 1.54) is 0 Å². The minimum atomic E-state index is 0. The molecular weight excluding hydrogens is 2080 g/mol. The van der Waals surface area contributed by atoms with Crippen LogP contribution in [-0.4, -0.2) is 0 Å². The van der Waals surface area contributed by atoms with Gasteiger partial charge >= 0.3 is 0 Å². The van der Waals surface area contributed by atoms with Gasteiger partial charge in [0, 0.05) is 468 Å². The van der Waals surface area contributed by atoms with Crippen molar-refractivity contribution in [1.82, 2.24) is 0 Å². The fourth-order valence-corrected chi connectivity index (χ4v) is 0. The largest absolute Gasteiger partial charge is 0 e. The zero-order valence-electron chi connectivity index (χ0n) is 5.59. The molecule has 0 atom stereocenters. The summed E-state index contributed by atoms with van der Waals surface area (Å²) in [6.45, 7) is 0. The molecule has 0 aromatic carbocycles. The van der Waals surface area contributed by atoms with E-state index in [0.29, 0.717) is 0 Å². The van der Waals surface area contributed by atoms with Gasteiger partial charge in [-0.3, -0.25) is 0 Å². The Balaban J connectivity index is 0. The summed E-state index contributed by atoms with van der Waals surface area (Å²) >= 11 is 0. The van der Waals surface area contributed by atoms with Crippen LogP contribution >= 0.6 is 0 Å². The second kappa shape index (κ2) is 89.6. The molecule has 0 fully saturated rings. The SMILES string of the molecule is [Dy].[Er].[Hf].[Ho].[Lu].[Nb].[Sc].[Ta].[Tb].[Th].[Tm].[Y].[Yb].[Zr]. The van der Waals surface area contributed by atoms with Crippen molar-refractivity contribution in [3.63, 3.8) is 0 Å². The van der Waals surface area contributed by atoms with Gasteiger partial charge in [0.25, 0.3) is 0 Å². The topological polar surface area (TPSA) is 0 Å². The maximum Gasteiger partial charge on any atom is 0 e. The zero-order valence-corrected chi connectivity index (χ0v) is 38.9. The molecule has 0 unspecified atom stereocenters. The van der Waals surface area contributed by atoms with E-state index in [0.717, 1.165) is 0 Å². The molecule has 0 heterocycles. The molecule has 0 rings (SSSR count). The first-order valence-electron chi connectivity index (χ1n) is 0. The molecule has 14 heavy (non-hydrogen) atoms. The molecule has 0 saturated heterocycles. The predicted molar refractivity (Wildman–Crippen MR) is 0 cm³/mol. The Morgan fingerprint density at radius 2 is 1.00 bits per heavy atom. The Kier molecular flexibility index (Phi) is 637. The Labute approximate surface area is 450 Å². The van der Waals surface area contributed by atoms with Gasteiger partial charge in [0.1, 0.15) is 0 Å². The van der Waals surface area contributed by atoms with Crippen LogP contribution in [0.15, 0.2) is 0 Å². The predicted octanol–water partition coefficient (Wildman–Crippen LogP) is -0.0150. The molecule has 8 radical (unpaired) electrons. The molecule has 14 heteroatoms. The molecule has 0 aromatic heterocycles. The van der Waals surface area contributed by atoms with Gasteiger partial charge in [-0.2, -0.15) is 0 Å². The van der Waals surface area contributed by atoms with Crippen molar-refractivity contribution < 1.29 is 468 Å². The monoisotopic (exact) mass is 2080 g/mol. The Morgan fingerprint density at radius 1 is 1.00 bits per heavy atom. The van der Waals surface area contributed by atoms with E-state index < -0.39 is 0 Å². The summed E-state index contributed by atoms with van der Waals surface area (Å²) in [5.74, 6) is 0. The van der Waals surface area contributed by atoms with Crippen LogP contribution in [0.25, 0.3) is 0 Å². The van der Waals surface area contributed by atoms with Gasteiger partial charge in [0.05, 0.1) is 0 Å². The Hall–Kier alpha value is 15.6. The normalized spacial score (nSPS) is 0. The first-order chi connectivity index (χ1) is 0. The molecule has 0 saturated carbocycles. The smallest absolute Gasteiger partial charge is 0 e. The van der Waals surface area contributed by atoms with Crippen molar-refractivity contribution in [2.75, 3.05) is 0 Å². The molecule has 0 aromatic rings. The van der Waals surface area contributed by atoms with Crippen LogP contribution in [0, 0.1) is 312 Å². The van der Waals surface area contributed by atoms with Gasteiger partial charge in [-0.15, -0.1) is 0 Å². The number of hydrogen-bond acceptors (Lipinski definition) is 0. The molecule has 0 N–H and O–H groups in total. The minimum Gasteiger partial charge on any atom is 0 e. The van der Waals surface area contributed by atoms with Gasteiger partial charge in [-0.1, -0.05) is 0 Å². The molecule has 0 aliphatic heterocycles. The van der Waals surface area contributed by atoms with Gasteiger partial charge in [0.15, 0.2) is 0 Å². The fourth-order valence-electron chi connectivity index (χ4n) is 0. The van der Waals surface area contributed by atoms with Gasteiger partial charge in [0.2, 0.25) is 0 Å². The molecule has 0 amide bonds. The summed E-state index contributed by atoms with van der Waals surface area (Å²) in [6.07, 6.45) is 0. The summed E-state index contributed by atoms with van der Waals surface area (Å²) in [6, 6.07) is 0. The van der Waals surface area contributed by atoms with E-state index >= 15 is 0 Å². The third kappa shape index (κ3) is 80.3. The molecule has 0 bridgehead atoms. The quantitative estimate of drug-likeness (QED) is 0.300. The van der Waals surface area contributed by atoms with E-state index in [4.69, 9.17) is 0 Å². The van der Waals surface area contributed by atoms with Crippen LogP contribution in [0.1, 0.15) is 0 Å². The van der Waals surface area contributed by atoms with Crippen LogP contribution in [0.2, 0.25) is 0 Å². The summed E-state index contributed by atoms with van der Waals surface area (Å²) in [4.78, 5) is 0. The Bertz CT molecular complexity index is 53.3. The number of hydrogen-bond donors (Lipinski definition) is 0. The fraction of sp³-hybridized carbons (Fsp3) is 0. The van der Waals surface area contributed by atoms with E-state index in [1.54, 1.807) is 0 Å². The summed E-state index contributed by atoms with van der Waals surface area (Å²) in [5, 5.41) is 0. The third-order valence-corrected chi connectivity index (χ3v) is 0. The van der Waals surface area contributed by atoms with Crippen LogP contribution < -0.4 is 0 Å². The van der Waals surface area contributed by atoms with Crippen LogP contribution in [0.4, 0.5) is 0 Å². The van der Waals surface area contributed by atoms with Gasteiger partial charge in [-0.25, -0.2) is 0 Å². The average Bonchev–Trinajstić information content (AvgIpc) is 0. The maximum absolute atomic E-state index is 0.